The maximum Gasteiger partial charge on any atom is 0.246 e. The molecule has 136 valence electrons. The first-order valence-electron chi connectivity index (χ1n) is 9.20. The predicted molar refractivity (Wildman–Crippen MR) is 97.2 cm³/mol. The van der Waals surface area contributed by atoms with Crippen LogP contribution in [0.3, 0.4) is 0 Å². The van der Waals surface area contributed by atoms with Crippen LogP contribution < -0.4 is 0 Å². The number of aliphatic hydroxyl groups is 1. The van der Waals surface area contributed by atoms with Gasteiger partial charge in [-0.25, -0.2) is 0 Å². The lowest BCUT2D eigenvalue weighted by Gasteiger charge is -2.36. The molecule has 0 aliphatic carbocycles. The number of piperidine rings is 1. The number of rotatable bonds is 5. The lowest BCUT2D eigenvalue weighted by atomic mass is 9.88. The van der Waals surface area contributed by atoms with Crippen molar-refractivity contribution in [1.29, 1.82) is 0 Å². The summed E-state index contributed by atoms with van der Waals surface area (Å²) >= 11 is 0. The molecule has 5 heteroatoms. The van der Waals surface area contributed by atoms with E-state index in [9.17, 15) is 9.90 Å². The highest BCUT2D eigenvalue weighted by Crippen LogP contribution is 2.21. The summed E-state index contributed by atoms with van der Waals surface area (Å²) in [6, 6.07) is 10.2. The molecule has 1 aromatic carbocycles. The van der Waals surface area contributed by atoms with Gasteiger partial charge >= 0.3 is 0 Å². The molecule has 0 unspecified atom stereocenters. The van der Waals surface area contributed by atoms with E-state index in [1.165, 1.54) is 5.56 Å². The number of nitrogens with zero attached hydrogens (tertiary/aromatic N) is 2. The third kappa shape index (κ3) is 5.39. The molecule has 1 N–H and O–H groups in total. The van der Waals surface area contributed by atoms with Crippen LogP contribution in [0.15, 0.2) is 42.5 Å². The molecule has 25 heavy (non-hydrogen) atoms. The Morgan fingerprint density at radius 2 is 1.96 bits per heavy atom. The number of carbonyl (C=O) groups excluding carboxylic acids is 1. The van der Waals surface area contributed by atoms with Gasteiger partial charge in [-0.15, -0.1) is 0 Å². The van der Waals surface area contributed by atoms with Gasteiger partial charge in [0.15, 0.2) is 0 Å². The van der Waals surface area contributed by atoms with E-state index >= 15 is 0 Å². The van der Waals surface area contributed by atoms with Gasteiger partial charge in [-0.05, 0) is 18.4 Å². The smallest absolute Gasteiger partial charge is 0.246 e. The van der Waals surface area contributed by atoms with Crippen LogP contribution in [-0.4, -0.2) is 72.9 Å². The molecule has 3 rings (SSSR count). The highest BCUT2D eigenvalue weighted by atomic mass is 16.5. The monoisotopic (exact) mass is 344 g/mol. The number of amides is 1. The molecule has 2 saturated heterocycles. The summed E-state index contributed by atoms with van der Waals surface area (Å²) in [6.45, 7) is 5.43. The van der Waals surface area contributed by atoms with E-state index in [0.29, 0.717) is 19.5 Å². The Labute approximate surface area is 149 Å². The summed E-state index contributed by atoms with van der Waals surface area (Å²) in [4.78, 5) is 16.6. The number of hydrogen-bond donors (Lipinski definition) is 1. The van der Waals surface area contributed by atoms with Crippen molar-refractivity contribution in [2.45, 2.75) is 18.9 Å². The average Bonchev–Trinajstić information content (AvgIpc) is 2.65. The average molecular weight is 344 g/mol. The normalized spacial score (nSPS) is 25.4. The van der Waals surface area contributed by atoms with Gasteiger partial charge in [-0.3, -0.25) is 9.69 Å². The van der Waals surface area contributed by atoms with Crippen LogP contribution in [0.25, 0.3) is 0 Å². The fourth-order valence-electron chi connectivity index (χ4n) is 3.53. The summed E-state index contributed by atoms with van der Waals surface area (Å²) in [7, 11) is 0. The van der Waals surface area contributed by atoms with Crippen molar-refractivity contribution in [3.05, 3.63) is 48.0 Å². The van der Waals surface area contributed by atoms with Crippen molar-refractivity contribution in [1.82, 2.24) is 9.80 Å². The van der Waals surface area contributed by atoms with Crippen LogP contribution in [0.4, 0.5) is 0 Å². The number of benzene rings is 1. The molecular formula is C20H28N2O3. The van der Waals surface area contributed by atoms with Crippen molar-refractivity contribution < 1.29 is 14.6 Å². The minimum absolute atomic E-state index is 0.0539. The van der Waals surface area contributed by atoms with Gasteiger partial charge in [0.1, 0.15) is 0 Å². The Hall–Kier alpha value is -1.69. The lowest BCUT2D eigenvalue weighted by Crippen LogP contribution is -2.46. The van der Waals surface area contributed by atoms with Gasteiger partial charge < -0.3 is 14.7 Å². The quantitative estimate of drug-likeness (QED) is 0.819. The molecule has 2 atom stereocenters. The highest BCUT2D eigenvalue weighted by Gasteiger charge is 2.29. The van der Waals surface area contributed by atoms with E-state index in [0.717, 1.165) is 39.3 Å². The van der Waals surface area contributed by atoms with Crippen molar-refractivity contribution in [3.63, 3.8) is 0 Å². The van der Waals surface area contributed by atoms with Crippen LogP contribution in [0.5, 0.6) is 0 Å². The zero-order valence-corrected chi connectivity index (χ0v) is 14.7. The van der Waals surface area contributed by atoms with E-state index in [1.54, 1.807) is 6.08 Å². The Balaban J connectivity index is 1.50. The Kier molecular flexibility index (Phi) is 6.62. The maximum absolute atomic E-state index is 12.5. The molecule has 1 aromatic rings. The fourth-order valence-corrected chi connectivity index (χ4v) is 3.53. The number of hydrogen-bond acceptors (Lipinski definition) is 4. The minimum Gasteiger partial charge on any atom is -0.393 e. The maximum atomic E-state index is 12.5. The molecule has 2 aliphatic heterocycles. The van der Waals surface area contributed by atoms with Crippen molar-refractivity contribution in [2.75, 3.05) is 45.9 Å². The first-order chi connectivity index (χ1) is 12.2. The number of aliphatic hydroxyl groups excluding tert-OH is 1. The Morgan fingerprint density at radius 1 is 1.20 bits per heavy atom. The van der Waals surface area contributed by atoms with Crippen LogP contribution >= 0.6 is 0 Å². The molecular weight excluding hydrogens is 316 g/mol. The van der Waals surface area contributed by atoms with E-state index in [4.69, 9.17) is 4.74 Å². The second-order valence-electron chi connectivity index (χ2n) is 6.91. The van der Waals surface area contributed by atoms with Gasteiger partial charge in [-0.1, -0.05) is 36.4 Å². The van der Waals surface area contributed by atoms with Crippen LogP contribution in [0.1, 0.15) is 12.0 Å². The summed E-state index contributed by atoms with van der Waals surface area (Å²) in [5, 5.41) is 10.3. The van der Waals surface area contributed by atoms with E-state index in [1.807, 2.05) is 29.2 Å². The molecule has 0 bridgehead atoms. The molecule has 0 radical (unpaired) electrons. The number of morpholine rings is 1. The summed E-state index contributed by atoms with van der Waals surface area (Å²) in [5.41, 5.74) is 1.21. The van der Waals surface area contributed by atoms with Crippen LogP contribution in [0.2, 0.25) is 0 Å². The standard InChI is InChI=1S/C20H28N2O3/c23-19-8-10-22(16-18(19)15-17-5-2-1-3-6-17)20(24)7-4-9-21-11-13-25-14-12-21/h1-7,18-19,23H,8-16H2/t18-,19+/m1/s1. The molecule has 2 aliphatic rings. The Morgan fingerprint density at radius 3 is 2.72 bits per heavy atom. The summed E-state index contributed by atoms with van der Waals surface area (Å²) < 4.78 is 5.33. The molecule has 0 aromatic heterocycles. The number of likely N-dealkylation sites (tertiary alicyclic amines) is 1. The molecule has 2 heterocycles. The van der Waals surface area contributed by atoms with E-state index in [-0.39, 0.29) is 17.9 Å². The molecule has 1 amide bonds. The third-order valence-corrected chi connectivity index (χ3v) is 5.07. The molecule has 2 fully saturated rings. The zero-order chi connectivity index (χ0) is 17.5. The third-order valence-electron chi connectivity index (χ3n) is 5.07. The van der Waals surface area contributed by atoms with Gasteiger partial charge in [0.2, 0.25) is 5.91 Å². The van der Waals surface area contributed by atoms with E-state index in [2.05, 4.69) is 17.0 Å². The van der Waals surface area contributed by atoms with Gasteiger partial charge in [0.25, 0.3) is 0 Å². The largest absolute Gasteiger partial charge is 0.393 e. The van der Waals surface area contributed by atoms with Gasteiger partial charge in [0.05, 0.1) is 19.3 Å². The van der Waals surface area contributed by atoms with Crippen molar-refractivity contribution in [2.24, 2.45) is 5.92 Å². The molecule has 5 nitrogen and oxygen atoms in total. The first-order valence-corrected chi connectivity index (χ1v) is 9.20. The number of carbonyl (C=O) groups is 1. The summed E-state index contributed by atoms with van der Waals surface area (Å²) in [6.07, 6.45) is 4.77. The highest BCUT2D eigenvalue weighted by molar-refractivity contribution is 5.87. The SMILES string of the molecule is O=C(C=CCN1CCOCC1)N1CC[C@H](O)[C@H](Cc2ccccc2)C1. The zero-order valence-electron chi connectivity index (χ0n) is 14.7. The predicted octanol–water partition coefficient (Wildman–Crippen LogP) is 1.33. The van der Waals surface area contributed by atoms with Gasteiger partial charge in [0, 0.05) is 44.7 Å². The van der Waals surface area contributed by atoms with Gasteiger partial charge in [-0.2, -0.15) is 0 Å². The Bertz CT molecular complexity index is 570. The second kappa shape index (κ2) is 9.13. The lowest BCUT2D eigenvalue weighted by molar-refractivity contribution is -0.129. The molecule has 0 spiro atoms. The second-order valence-corrected chi connectivity index (χ2v) is 6.91. The number of ether oxygens (including phenoxy) is 1. The minimum atomic E-state index is -0.332. The van der Waals surface area contributed by atoms with Crippen molar-refractivity contribution >= 4 is 5.91 Å². The fraction of sp³-hybridized carbons (Fsp3) is 0.550. The van der Waals surface area contributed by atoms with Crippen LogP contribution in [-0.2, 0) is 16.0 Å². The topological polar surface area (TPSA) is 53.0 Å². The van der Waals surface area contributed by atoms with Crippen molar-refractivity contribution in [3.8, 4) is 0 Å². The van der Waals surface area contributed by atoms with Crippen LogP contribution in [0, 0.1) is 5.92 Å². The summed E-state index contributed by atoms with van der Waals surface area (Å²) in [5.74, 6) is 0.158. The molecule has 0 saturated carbocycles. The van der Waals surface area contributed by atoms with E-state index < -0.39 is 0 Å². The first kappa shape index (κ1) is 18.1.